The second-order valence-corrected chi connectivity index (χ2v) is 6.45. The quantitative estimate of drug-likeness (QED) is 0.795. The molecule has 1 atom stereocenters. The molecule has 0 heterocycles. The fraction of sp³-hybridized carbons (Fsp3) is 0.333. The van der Waals surface area contributed by atoms with Gasteiger partial charge in [0.1, 0.15) is 17.1 Å². The predicted octanol–water partition coefficient (Wildman–Crippen LogP) is 4.08. The van der Waals surface area contributed by atoms with Gasteiger partial charge in [0.2, 0.25) is 0 Å². The van der Waals surface area contributed by atoms with E-state index >= 15 is 0 Å². The van der Waals surface area contributed by atoms with Crippen molar-refractivity contribution in [1.29, 1.82) is 0 Å². The standard InChI is InChI=1S/C21H23NO4/c1-15(20(23)22-16-9-5-6-10-16)25-21(24)18-13-7-8-14-19(18)26-17-11-3-2-4-12-17/h2-4,7-8,11-16H,5-6,9-10H2,1H3,(H,22,23)/t15-/m1/s1. The Hall–Kier alpha value is -2.82. The third-order valence-corrected chi connectivity index (χ3v) is 4.43. The molecule has 0 saturated heterocycles. The van der Waals surface area contributed by atoms with Gasteiger partial charge in [-0.1, -0.05) is 43.2 Å². The van der Waals surface area contributed by atoms with Crippen LogP contribution in [0.5, 0.6) is 11.5 Å². The van der Waals surface area contributed by atoms with Gasteiger partial charge >= 0.3 is 5.97 Å². The summed E-state index contributed by atoms with van der Waals surface area (Å²) < 4.78 is 11.1. The summed E-state index contributed by atoms with van der Waals surface area (Å²) in [5.41, 5.74) is 0.289. The maximum absolute atomic E-state index is 12.5. The molecule has 0 aromatic heterocycles. The van der Waals surface area contributed by atoms with Crippen LogP contribution in [-0.4, -0.2) is 24.0 Å². The van der Waals surface area contributed by atoms with E-state index < -0.39 is 12.1 Å². The first-order valence-corrected chi connectivity index (χ1v) is 8.97. The van der Waals surface area contributed by atoms with Crippen LogP contribution in [0.4, 0.5) is 0 Å². The minimum Gasteiger partial charge on any atom is -0.456 e. The van der Waals surface area contributed by atoms with E-state index in [1.807, 2.05) is 18.2 Å². The van der Waals surface area contributed by atoms with E-state index in [0.29, 0.717) is 11.5 Å². The summed E-state index contributed by atoms with van der Waals surface area (Å²) in [4.78, 5) is 24.7. The summed E-state index contributed by atoms with van der Waals surface area (Å²) in [6, 6.07) is 16.2. The van der Waals surface area contributed by atoms with Crippen molar-refractivity contribution in [3.63, 3.8) is 0 Å². The highest BCUT2D eigenvalue weighted by molar-refractivity contribution is 5.94. The second kappa shape index (κ2) is 8.52. The van der Waals surface area contributed by atoms with Gasteiger partial charge < -0.3 is 14.8 Å². The molecular formula is C21H23NO4. The van der Waals surface area contributed by atoms with Crippen LogP contribution in [0.3, 0.4) is 0 Å². The zero-order chi connectivity index (χ0) is 18.4. The number of nitrogens with one attached hydrogen (secondary N) is 1. The van der Waals surface area contributed by atoms with Gasteiger partial charge in [-0.25, -0.2) is 4.79 Å². The van der Waals surface area contributed by atoms with Gasteiger partial charge in [-0.05, 0) is 44.0 Å². The summed E-state index contributed by atoms with van der Waals surface area (Å²) >= 11 is 0. The fourth-order valence-corrected chi connectivity index (χ4v) is 3.01. The third-order valence-electron chi connectivity index (χ3n) is 4.43. The van der Waals surface area contributed by atoms with Crippen LogP contribution in [0.2, 0.25) is 0 Å². The van der Waals surface area contributed by atoms with Crippen molar-refractivity contribution < 1.29 is 19.1 Å². The number of benzene rings is 2. The molecular weight excluding hydrogens is 330 g/mol. The number of carbonyl (C=O) groups is 2. The Kier molecular flexibility index (Phi) is 5.89. The first-order valence-electron chi connectivity index (χ1n) is 8.97. The van der Waals surface area contributed by atoms with Crippen LogP contribution in [0.25, 0.3) is 0 Å². The van der Waals surface area contributed by atoms with E-state index in [-0.39, 0.29) is 17.5 Å². The molecule has 2 aromatic carbocycles. The lowest BCUT2D eigenvalue weighted by Gasteiger charge is -2.18. The average Bonchev–Trinajstić information content (AvgIpc) is 3.16. The highest BCUT2D eigenvalue weighted by atomic mass is 16.5. The molecule has 0 bridgehead atoms. The van der Waals surface area contributed by atoms with E-state index in [9.17, 15) is 9.59 Å². The SMILES string of the molecule is C[C@@H](OC(=O)c1ccccc1Oc1ccccc1)C(=O)NC1CCCC1. The van der Waals surface area contributed by atoms with Gasteiger partial charge in [-0.3, -0.25) is 4.79 Å². The van der Waals surface area contributed by atoms with Crippen LogP contribution < -0.4 is 10.1 Å². The first-order chi connectivity index (χ1) is 12.6. The molecule has 5 nitrogen and oxygen atoms in total. The van der Waals surface area contributed by atoms with E-state index in [2.05, 4.69) is 5.32 Å². The van der Waals surface area contributed by atoms with E-state index in [0.717, 1.165) is 25.7 Å². The van der Waals surface area contributed by atoms with Crippen molar-refractivity contribution in [2.75, 3.05) is 0 Å². The maximum atomic E-state index is 12.5. The van der Waals surface area contributed by atoms with Crippen molar-refractivity contribution >= 4 is 11.9 Å². The number of esters is 1. The average molecular weight is 353 g/mol. The molecule has 1 saturated carbocycles. The Balaban J connectivity index is 1.64. The summed E-state index contributed by atoms with van der Waals surface area (Å²) in [6.45, 7) is 1.59. The number of para-hydroxylation sites is 2. The number of ether oxygens (including phenoxy) is 2. The molecule has 1 amide bonds. The van der Waals surface area contributed by atoms with Crippen LogP contribution in [0.1, 0.15) is 43.0 Å². The van der Waals surface area contributed by atoms with Crippen LogP contribution in [0, 0.1) is 0 Å². The lowest BCUT2D eigenvalue weighted by molar-refractivity contribution is -0.129. The second-order valence-electron chi connectivity index (χ2n) is 6.45. The number of hydrogen-bond donors (Lipinski definition) is 1. The van der Waals surface area contributed by atoms with Crippen molar-refractivity contribution in [2.45, 2.75) is 44.8 Å². The smallest absolute Gasteiger partial charge is 0.342 e. The topological polar surface area (TPSA) is 64.6 Å². The van der Waals surface area contributed by atoms with Crippen molar-refractivity contribution in [1.82, 2.24) is 5.32 Å². The van der Waals surface area contributed by atoms with Crippen LogP contribution in [0.15, 0.2) is 54.6 Å². The predicted molar refractivity (Wildman–Crippen MR) is 98.2 cm³/mol. The molecule has 1 fully saturated rings. The number of carbonyl (C=O) groups excluding carboxylic acids is 2. The molecule has 1 N–H and O–H groups in total. The molecule has 26 heavy (non-hydrogen) atoms. The lowest BCUT2D eigenvalue weighted by atomic mass is 10.2. The van der Waals surface area contributed by atoms with Gasteiger partial charge in [0, 0.05) is 6.04 Å². The number of hydrogen-bond acceptors (Lipinski definition) is 4. The Bertz CT molecular complexity index is 754. The zero-order valence-corrected chi connectivity index (χ0v) is 14.8. The molecule has 5 heteroatoms. The highest BCUT2D eigenvalue weighted by Gasteiger charge is 2.24. The summed E-state index contributed by atoms with van der Waals surface area (Å²) in [5.74, 6) is 0.184. The summed E-state index contributed by atoms with van der Waals surface area (Å²) in [7, 11) is 0. The number of rotatable bonds is 6. The molecule has 0 spiro atoms. The van der Waals surface area contributed by atoms with Crippen LogP contribution >= 0.6 is 0 Å². The van der Waals surface area contributed by atoms with E-state index in [1.165, 1.54) is 0 Å². The fourth-order valence-electron chi connectivity index (χ4n) is 3.01. The number of amides is 1. The van der Waals surface area contributed by atoms with Crippen molar-refractivity contribution in [3.05, 3.63) is 60.2 Å². The Labute approximate surface area is 153 Å². The Morgan fingerprint density at radius 2 is 1.65 bits per heavy atom. The minimum atomic E-state index is -0.854. The van der Waals surface area contributed by atoms with Crippen molar-refractivity contribution in [2.24, 2.45) is 0 Å². The molecule has 1 aliphatic rings. The van der Waals surface area contributed by atoms with Gasteiger partial charge in [0.15, 0.2) is 6.10 Å². The largest absolute Gasteiger partial charge is 0.456 e. The normalized spacial score (nSPS) is 15.3. The maximum Gasteiger partial charge on any atom is 0.342 e. The molecule has 0 aliphatic heterocycles. The third kappa shape index (κ3) is 4.63. The molecule has 136 valence electrons. The Morgan fingerprint density at radius 1 is 1.00 bits per heavy atom. The Morgan fingerprint density at radius 3 is 2.38 bits per heavy atom. The molecule has 0 radical (unpaired) electrons. The molecule has 1 aliphatic carbocycles. The molecule has 3 rings (SSSR count). The first kappa shape index (κ1) is 18.0. The van der Waals surface area contributed by atoms with Gasteiger partial charge in [0.05, 0.1) is 0 Å². The van der Waals surface area contributed by atoms with Crippen molar-refractivity contribution in [3.8, 4) is 11.5 Å². The summed E-state index contributed by atoms with van der Waals surface area (Å²) in [6.07, 6.45) is 3.38. The van der Waals surface area contributed by atoms with Gasteiger partial charge in [-0.15, -0.1) is 0 Å². The lowest BCUT2D eigenvalue weighted by Crippen LogP contribution is -2.40. The molecule has 2 aromatic rings. The van der Waals surface area contributed by atoms with E-state index in [1.54, 1.807) is 43.3 Å². The highest BCUT2D eigenvalue weighted by Crippen LogP contribution is 2.26. The summed E-state index contributed by atoms with van der Waals surface area (Å²) in [5, 5.41) is 2.94. The van der Waals surface area contributed by atoms with Gasteiger partial charge in [-0.2, -0.15) is 0 Å². The minimum absolute atomic E-state index is 0.192. The van der Waals surface area contributed by atoms with E-state index in [4.69, 9.17) is 9.47 Å². The monoisotopic (exact) mass is 353 g/mol. The van der Waals surface area contributed by atoms with Crippen LogP contribution in [-0.2, 0) is 9.53 Å². The molecule has 0 unspecified atom stereocenters. The van der Waals surface area contributed by atoms with Gasteiger partial charge in [0.25, 0.3) is 5.91 Å². The zero-order valence-electron chi connectivity index (χ0n) is 14.8.